The lowest BCUT2D eigenvalue weighted by Crippen LogP contribution is -2.30. The summed E-state index contributed by atoms with van der Waals surface area (Å²) < 4.78 is 5.05. The molecule has 1 aromatic rings. The van der Waals surface area contributed by atoms with Gasteiger partial charge in [-0.3, -0.25) is 4.79 Å². The predicted molar refractivity (Wildman–Crippen MR) is 61.4 cm³/mol. The number of benzene rings is 1. The molecule has 88 valence electrons. The first-order chi connectivity index (χ1) is 7.54. The van der Waals surface area contributed by atoms with E-state index in [1.807, 2.05) is 0 Å². The van der Waals surface area contributed by atoms with Crippen LogP contribution in [0.25, 0.3) is 0 Å². The molecule has 1 amide bonds. The van der Waals surface area contributed by atoms with Crippen LogP contribution in [-0.2, 0) is 0 Å². The lowest BCUT2D eigenvalue weighted by atomic mass is 10.1. The van der Waals surface area contributed by atoms with E-state index < -0.39 is 6.10 Å². The largest absolute Gasteiger partial charge is 0.496 e. The average molecular weight is 224 g/mol. The van der Waals surface area contributed by atoms with Gasteiger partial charge in [0.15, 0.2) is 0 Å². The minimum atomic E-state index is -0.587. The van der Waals surface area contributed by atoms with Crippen molar-refractivity contribution in [3.05, 3.63) is 23.8 Å². The van der Waals surface area contributed by atoms with E-state index in [1.165, 1.54) is 13.2 Å². The Morgan fingerprint density at radius 3 is 2.88 bits per heavy atom. The maximum atomic E-state index is 11.7. The zero-order valence-corrected chi connectivity index (χ0v) is 9.36. The SMILES string of the molecule is COc1ccc(N)cc1C(=O)NC[C@@H](C)O. The third-order valence-electron chi connectivity index (χ3n) is 2.03. The van der Waals surface area contributed by atoms with Crippen LogP contribution in [0, 0.1) is 0 Å². The number of carbonyl (C=O) groups is 1. The summed E-state index contributed by atoms with van der Waals surface area (Å²) in [5.74, 6) is 0.141. The van der Waals surface area contributed by atoms with E-state index in [2.05, 4.69) is 5.32 Å². The van der Waals surface area contributed by atoms with Crippen LogP contribution in [0.4, 0.5) is 5.69 Å². The van der Waals surface area contributed by atoms with Crippen LogP contribution in [0.3, 0.4) is 0 Å². The van der Waals surface area contributed by atoms with E-state index in [0.717, 1.165) is 0 Å². The molecule has 0 fully saturated rings. The number of aliphatic hydroxyl groups is 1. The fourth-order valence-electron chi connectivity index (χ4n) is 1.24. The number of nitrogen functional groups attached to an aromatic ring is 1. The van der Waals surface area contributed by atoms with Crippen LogP contribution in [-0.4, -0.2) is 30.8 Å². The minimum absolute atomic E-state index is 0.191. The minimum Gasteiger partial charge on any atom is -0.496 e. The van der Waals surface area contributed by atoms with Gasteiger partial charge in [0.1, 0.15) is 5.75 Å². The summed E-state index contributed by atoms with van der Waals surface area (Å²) in [7, 11) is 1.48. The molecule has 0 aliphatic carbocycles. The quantitative estimate of drug-likeness (QED) is 0.646. The molecule has 4 N–H and O–H groups in total. The topological polar surface area (TPSA) is 84.6 Å². The van der Waals surface area contributed by atoms with Gasteiger partial charge in [-0.25, -0.2) is 0 Å². The van der Waals surface area contributed by atoms with Crippen molar-refractivity contribution in [2.45, 2.75) is 13.0 Å². The number of aliphatic hydroxyl groups excluding tert-OH is 1. The fourth-order valence-corrected chi connectivity index (χ4v) is 1.24. The fraction of sp³-hybridized carbons (Fsp3) is 0.364. The van der Waals surface area contributed by atoms with Gasteiger partial charge in [-0.1, -0.05) is 0 Å². The van der Waals surface area contributed by atoms with Crippen LogP contribution < -0.4 is 15.8 Å². The summed E-state index contributed by atoms with van der Waals surface area (Å²) in [6.07, 6.45) is -0.587. The number of hydrogen-bond acceptors (Lipinski definition) is 4. The summed E-state index contributed by atoms with van der Waals surface area (Å²) in [5.41, 5.74) is 6.44. The standard InChI is InChI=1S/C11H16N2O3/c1-7(14)6-13-11(15)9-5-8(12)3-4-10(9)16-2/h3-5,7,14H,6,12H2,1-2H3,(H,13,15)/t7-/m1/s1. The summed E-state index contributed by atoms with van der Waals surface area (Å²) in [6.45, 7) is 1.79. The number of nitrogens with two attached hydrogens (primary N) is 1. The number of ether oxygens (including phenoxy) is 1. The lowest BCUT2D eigenvalue weighted by molar-refractivity contribution is 0.0921. The molecule has 0 heterocycles. The molecule has 1 rings (SSSR count). The van der Waals surface area contributed by atoms with E-state index in [0.29, 0.717) is 17.0 Å². The highest BCUT2D eigenvalue weighted by molar-refractivity contribution is 5.97. The van der Waals surface area contributed by atoms with E-state index >= 15 is 0 Å². The second-order valence-electron chi connectivity index (χ2n) is 3.52. The number of amides is 1. The lowest BCUT2D eigenvalue weighted by Gasteiger charge is -2.10. The van der Waals surface area contributed by atoms with Crippen LogP contribution >= 0.6 is 0 Å². The first-order valence-corrected chi connectivity index (χ1v) is 4.94. The molecule has 0 aromatic heterocycles. The second kappa shape index (κ2) is 5.37. The Morgan fingerprint density at radius 2 is 2.31 bits per heavy atom. The maximum absolute atomic E-state index is 11.7. The van der Waals surface area contributed by atoms with Gasteiger partial charge in [0, 0.05) is 12.2 Å². The van der Waals surface area contributed by atoms with Crippen molar-refractivity contribution in [1.82, 2.24) is 5.32 Å². The first-order valence-electron chi connectivity index (χ1n) is 4.94. The van der Waals surface area contributed by atoms with Crippen LogP contribution in [0.1, 0.15) is 17.3 Å². The van der Waals surface area contributed by atoms with Gasteiger partial charge in [0.2, 0.25) is 0 Å². The van der Waals surface area contributed by atoms with Gasteiger partial charge in [0.25, 0.3) is 5.91 Å². The molecule has 0 saturated heterocycles. The molecule has 0 aliphatic rings. The van der Waals surface area contributed by atoms with Crippen molar-refractivity contribution in [3.63, 3.8) is 0 Å². The van der Waals surface area contributed by atoms with Crippen molar-refractivity contribution in [2.75, 3.05) is 19.4 Å². The van der Waals surface area contributed by atoms with E-state index in [-0.39, 0.29) is 12.5 Å². The van der Waals surface area contributed by atoms with E-state index in [1.54, 1.807) is 19.1 Å². The molecule has 16 heavy (non-hydrogen) atoms. The number of carbonyl (C=O) groups excluding carboxylic acids is 1. The van der Waals surface area contributed by atoms with Crippen molar-refractivity contribution in [3.8, 4) is 5.75 Å². The molecule has 0 unspecified atom stereocenters. The number of methoxy groups -OCH3 is 1. The van der Waals surface area contributed by atoms with Crippen molar-refractivity contribution < 1.29 is 14.6 Å². The summed E-state index contributed by atoms with van der Waals surface area (Å²) in [4.78, 5) is 11.7. The normalized spacial score (nSPS) is 11.9. The summed E-state index contributed by atoms with van der Waals surface area (Å²) in [5, 5.41) is 11.6. The first kappa shape index (κ1) is 12.3. The number of hydrogen-bond donors (Lipinski definition) is 3. The molecule has 0 saturated carbocycles. The van der Waals surface area contributed by atoms with Gasteiger partial charge < -0.3 is 20.9 Å². The number of nitrogens with one attached hydrogen (secondary N) is 1. The Kier molecular flexibility index (Phi) is 4.13. The maximum Gasteiger partial charge on any atom is 0.255 e. The Balaban J connectivity index is 2.84. The Bertz CT molecular complexity index is 377. The van der Waals surface area contributed by atoms with Gasteiger partial charge in [-0.2, -0.15) is 0 Å². The Hall–Kier alpha value is -1.75. The smallest absolute Gasteiger partial charge is 0.255 e. The zero-order valence-electron chi connectivity index (χ0n) is 9.36. The number of anilines is 1. The molecular weight excluding hydrogens is 208 g/mol. The van der Waals surface area contributed by atoms with Crippen molar-refractivity contribution in [2.24, 2.45) is 0 Å². The third-order valence-corrected chi connectivity index (χ3v) is 2.03. The van der Waals surface area contributed by atoms with Crippen LogP contribution in [0.5, 0.6) is 5.75 Å². The van der Waals surface area contributed by atoms with Gasteiger partial charge in [0.05, 0.1) is 18.8 Å². The molecule has 5 nitrogen and oxygen atoms in total. The van der Waals surface area contributed by atoms with Crippen LogP contribution in [0.15, 0.2) is 18.2 Å². The Morgan fingerprint density at radius 1 is 1.62 bits per heavy atom. The van der Waals surface area contributed by atoms with Crippen LogP contribution in [0.2, 0.25) is 0 Å². The molecule has 0 radical (unpaired) electrons. The molecule has 1 aromatic carbocycles. The summed E-state index contributed by atoms with van der Waals surface area (Å²) >= 11 is 0. The molecule has 0 aliphatic heterocycles. The highest BCUT2D eigenvalue weighted by atomic mass is 16.5. The number of rotatable bonds is 4. The summed E-state index contributed by atoms with van der Waals surface area (Å²) in [6, 6.07) is 4.83. The third kappa shape index (κ3) is 3.13. The van der Waals surface area contributed by atoms with Gasteiger partial charge in [-0.15, -0.1) is 0 Å². The molecule has 0 spiro atoms. The second-order valence-corrected chi connectivity index (χ2v) is 3.52. The average Bonchev–Trinajstić information content (AvgIpc) is 2.25. The van der Waals surface area contributed by atoms with Crippen molar-refractivity contribution in [1.29, 1.82) is 0 Å². The monoisotopic (exact) mass is 224 g/mol. The molecule has 1 atom stereocenters. The zero-order chi connectivity index (χ0) is 12.1. The highest BCUT2D eigenvalue weighted by Gasteiger charge is 2.12. The van der Waals surface area contributed by atoms with Crippen molar-refractivity contribution >= 4 is 11.6 Å². The molecular formula is C11H16N2O3. The van der Waals surface area contributed by atoms with E-state index in [4.69, 9.17) is 15.6 Å². The van der Waals surface area contributed by atoms with Gasteiger partial charge in [-0.05, 0) is 25.1 Å². The van der Waals surface area contributed by atoms with Gasteiger partial charge >= 0.3 is 0 Å². The molecule has 5 heteroatoms. The van der Waals surface area contributed by atoms with E-state index in [9.17, 15) is 4.79 Å². The molecule has 0 bridgehead atoms. The Labute approximate surface area is 94.2 Å². The highest BCUT2D eigenvalue weighted by Crippen LogP contribution is 2.20. The predicted octanol–water partition coefficient (Wildman–Crippen LogP) is 0.388.